The molecule has 48 valence electrons. The second-order valence-electron chi connectivity index (χ2n) is 2.07. The van der Waals surface area contributed by atoms with Crippen LogP contribution in [0.1, 0.15) is 0 Å². The summed E-state index contributed by atoms with van der Waals surface area (Å²) in [6, 6.07) is 0. The molecule has 0 aliphatic carbocycles. The normalized spacial score (nSPS) is 14.0. The van der Waals surface area contributed by atoms with E-state index in [1.807, 2.05) is 19.0 Å². The number of hydrogen-bond donors (Lipinski definition) is 1. The monoisotopic (exact) mass is 115 g/mol. The van der Waals surface area contributed by atoms with E-state index in [9.17, 15) is 0 Å². The van der Waals surface area contributed by atoms with E-state index in [1.54, 1.807) is 0 Å². The lowest BCUT2D eigenvalue weighted by Crippen LogP contribution is -2.23. The quantitative estimate of drug-likeness (QED) is 0.527. The van der Waals surface area contributed by atoms with Gasteiger partial charge in [0.25, 0.3) is 0 Å². The number of likely N-dealkylation sites (N-methyl/N-ethyl adjacent to an activating group) is 1. The standard InChI is InChI=1S/C6H13NO/c1-4-6(8)5-7(2)3/h4,6,8H,1,5H2,2-3H3. The van der Waals surface area contributed by atoms with Crippen LogP contribution in [0.5, 0.6) is 0 Å². The van der Waals surface area contributed by atoms with Gasteiger partial charge in [-0.15, -0.1) is 6.58 Å². The molecule has 0 aliphatic rings. The average Bonchev–Trinajstić information content (AvgIpc) is 1.65. The van der Waals surface area contributed by atoms with Gasteiger partial charge >= 0.3 is 0 Å². The molecule has 0 amide bonds. The summed E-state index contributed by atoms with van der Waals surface area (Å²) in [5, 5.41) is 8.87. The highest BCUT2D eigenvalue weighted by atomic mass is 16.3. The van der Waals surface area contributed by atoms with Crippen LogP contribution in [0.3, 0.4) is 0 Å². The van der Waals surface area contributed by atoms with E-state index in [0.717, 1.165) is 0 Å². The molecule has 0 spiro atoms. The molecular weight excluding hydrogens is 102 g/mol. The Kier molecular flexibility index (Phi) is 3.48. The summed E-state index contributed by atoms with van der Waals surface area (Å²) in [5.41, 5.74) is 0. The Balaban J connectivity index is 3.23. The average molecular weight is 115 g/mol. The van der Waals surface area contributed by atoms with Gasteiger partial charge in [0, 0.05) is 6.54 Å². The molecule has 2 heteroatoms. The number of aliphatic hydroxyl groups excluding tert-OH is 1. The summed E-state index contributed by atoms with van der Waals surface area (Å²) in [6.45, 7) is 4.09. The molecule has 0 bridgehead atoms. The second kappa shape index (κ2) is 3.64. The van der Waals surface area contributed by atoms with Crippen molar-refractivity contribution in [1.29, 1.82) is 0 Å². The zero-order valence-corrected chi connectivity index (χ0v) is 5.46. The molecule has 0 rings (SSSR count). The smallest absolute Gasteiger partial charge is 0.0845 e. The summed E-state index contributed by atoms with van der Waals surface area (Å²) >= 11 is 0. The Morgan fingerprint density at radius 1 is 1.75 bits per heavy atom. The maximum atomic E-state index is 8.87. The van der Waals surface area contributed by atoms with Gasteiger partial charge in [0.1, 0.15) is 0 Å². The third kappa shape index (κ3) is 3.84. The number of hydrogen-bond acceptors (Lipinski definition) is 2. The van der Waals surface area contributed by atoms with E-state index in [0.29, 0.717) is 6.54 Å². The van der Waals surface area contributed by atoms with Crippen LogP contribution in [0.2, 0.25) is 0 Å². The molecule has 2 nitrogen and oxygen atoms in total. The van der Waals surface area contributed by atoms with Crippen molar-refractivity contribution >= 4 is 0 Å². The van der Waals surface area contributed by atoms with Crippen molar-refractivity contribution in [2.75, 3.05) is 20.6 Å². The van der Waals surface area contributed by atoms with Crippen molar-refractivity contribution in [3.63, 3.8) is 0 Å². The van der Waals surface area contributed by atoms with Crippen molar-refractivity contribution in [3.05, 3.63) is 12.7 Å². The minimum Gasteiger partial charge on any atom is -0.388 e. The Bertz CT molecular complexity index is 70.9. The van der Waals surface area contributed by atoms with Crippen LogP contribution in [-0.4, -0.2) is 36.8 Å². The Morgan fingerprint density at radius 2 is 2.25 bits per heavy atom. The maximum absolute atomic E-state index is 8.87. The van der Waals surface area contributed by atoms with Crippen LogP contribution in [0.25, 0.3) is 0 Å². The first-order valence-corrected chi connectivity index (χ1v) is 2.62. The van der Waals surface area contributed by atoms with Gasteiger partial charge < -0.3 is 10.0 Å². The van der Waals surface area contributed by atoms with Gasteiger partial charge in [-0.3, -0.25) is 0 Å². The lowest BCUT2D eigenvalue weighted by molar-refractivity contribution is 0.178. The predicted molar refractivity (Wildman–Crippen MR) is 34.8 cm³/mol. The Labute approximate surface area is 50.4 Å². The topological polar surface area (TPSA) is 23.5 Å². The highest BCUT2D eigenvalue weighted by Crippen LogP contribution is 1.84. The van der Waals surface area contributed by atoms with E-state index >= 15 is 0 Å². The minimum atomic E-state index is -0.384. The van der Waals surface area contributed by atoms with Gasteiger partial charge in [-0.1, -0.05) is 6.08 Å². The molecule has 1 N–H and O–H groups in total. The molecule has 0 aromatic carbocycles. The summed E-state index contributed by atoms with van der Waals surface area (Å²) in [4.78, 5) is 1.91. The first kappa shape index (κ1) is 7.66. The van der Waals surface area contributed by atoms with Gasteiger partial charge in [0.05, 0.1) is 6.10 Å². The van der Waals surface area contributed by atoms with E-state index in [4.69, 9.17) is 5.11 Å². The molecule has 0 heterocycles. The molecule has 0 radical (unpaired) electrons. The van der Waals surface area contributed by atoms with Gasteiger partial charge in [-0.05, 0) is 14.1 Å². The summed E-state index contributed by atoms with van der Waals surface area (Å²) in [5.74, 6) is 0. The van der Waals surface area contributed by atoms with Crippen LogP contribution in [0.4, 0.5) is 0 Å². The lowest BCUT2D eigenvalue weighted by Gasteiger charge is -2.11. The van der Waals surface area contributed by atoms with Crippen LogP contribution >= 0.6 is 0 Å². The number of rotatable bonds is 3. The maximum Gasteiger partial charge on any atom is 0.0845 e. The molecule has 0 saturated heterocycles. The van der Waals surface area contributed by atoms with Crippen molar-refractivity contribution in [2.45, 2.75) is 6.10 Å². The minimum absolute atomic E-state index is 0.384. The third-order valence-electron chi connectivity index (χ3n) is 0.824. The fraction of sp³-hybridized carbons (Fsp3) is 0.667. The summed E-state index contributed by atoms with van der Waals surface area (Å²) < 4.78 is 0. The Hall–Kier alpha value is -0.340. The van der Waals surface area contributed by atoms with Crippen molar-refractivity contribution in [1.82, 2.24) is 4.90 Å². The predicted octanol–water partition coefficient (Wildman–Crippen LogP) is 0.0949. The van der Waals surface area contributed by atoms with Crippen LogP contribution in [0, 0.1) is 0 Å². The highest BCUT2D eigenvalue weighted by molar-refractivity contribution is 4.79. The third-order valence-corrected chi connectivity index (χ3v) is 0.824. The summed E-state index contributed by atoms with van der Waals surface area (Å²) in [6.07, 6.45) is 1.14. The number of nitrogens with zero attached hydrogens (tertiary/aromatic N) is 1. The highest BCUT2D eigenvalue weighted by Gasteiger charge is 1.96. The van der Waals surface area contributed by atoms with Gasteiger partial charge in [0.2, 0.25) is 0 Å². The van der Waals surface area contributed by atoms with E-state index < -0.39 is 0 Å². The Morgan fingerprint density at radius 3 is 2.38 bits per heavy atom. The second-order valence-corrected chi connectivity index (χ2v) is 2.07. The van der Waals surface area contributed by atoms with Crippen molar-refractivity contribution < 1.29 is 5.11 Å². The molecule has 0 aromatic heterocycles. The van der Waals surface area contributed by atoms with Crippen molar-refractivity contribution in [3.8, 4) is 0 Å². The lowest BCUT2D eigenvalue weighted by atomic mass is 10.3. The molecule has 0 aliphatic heterocycles. The van der Waals surface area contributed by atoms with Crippen LogP contribution in [-0.2, 0) is 0 Å². The molecular formula is C6H13NO. The zero-order chi connectivity index (χ0) is 6.57. The SMILES string of the molecule is C=CC(O)CN(C)C. The molecule has 8 heavy (non-hydrogen) atoms. The molecule has 1 unspecified atom stereocenters. The molecule has 1 atom stereocenters. The zero-order valence-electron chi connectivity index (χ0n) is 5.46. The van der Waals surface area contributed by atoms with Gasteiger partial charge in [-0.2, -0.15) is 0 Å². The number of aliphatic hydroxyl groups is 1. The van der Waals surface area contributed by atoms with Crippen LogP contribution in [0.15, 0.2) is 12.7 Å². The molecule has 0 aromatic rings. The summed E-state index contributed by atoms with van der Waals surface area (Å²) in [7, 11) is 3.82. The van der Waals surface area contributed by atoms with E-state index in [-0.39, 0.29) is 6.10 Å². The fourth-order valence-electron chi connectivity index (χ4n) is 0.449. The fourth-order valence-corrected chi connectivity index (χ4v) is 0.449. The largest absolute Gasteiger partial charge is 0.388 e. The van der Waals surface area contributed by atoms with E-state index in [1.165, 1.54) is 6.08 Å². The van der Waals surface area contributed by atoms with E-state index in [2.05, 4.69) is 6.58 Å². The van der Waals surface area contributed by atoms with Crippen molar-refractivity contribution in [2.24, 2.45) is 0 Å². The molecule has 0 fully saturated rings. The first-order chi connectivity index (χ1) is 3.66. The van der Waals surface area contributed by atoms with Crippen LogP contribution < -0.4 is 0 Å². The van der Waals surface area contributed by atoms with Gasteiger partial charge in [0.15, 0.2) is 0 Å². The van der Waals surface area contributed by atoms with Gasteiger partial charge in [-0.25, -0.2) is 0 Å². The first-order valence-electron chi connectivity index (χ1n) is 2.62. The molecule has 0 saturated carbocycles.